The molecule has 0 nitrogen and oxygen atoms in total. The third kappa shape index (κ3) is 7.35. The van der Waals surface area contributed by atoms with Gasteiger partial charge in [0.05, 0.1) is 0 Å². The fraction of sp³-hybridized carbons (Fsp3) is 0.400. The molecule has 0 saturated heterocycles. The third-order valence-electron chi connectivity index (χ3n) is 6.58. The second-order valence-electron chi connectivity index (χ2n) is 9.28. The van der Waals surface area contributed by atoms with Crippen molar-refractivity contribution in [3.05, 3.63) is 101 Å². The summed E-state index contributed by atoms with van der Waals surface area (Å²) in [6, 6.07) is 8.25. The Hall–Kier alpha value is -2.41. The molecule has 31 heavy (non-hydrogen) atoms. The van der Waals surface area contributed by atoms with Crippen LogP contribution in [0.4, 0.5) is 4.39 Å². The molecule has 3 rings (SSSR count). The molecule has 1 heteroatoms. The minimum absolute atomic E-state index is 0.104. The number of allylic oxidation sites excluding steroid dienone is 11. The number of halogens is 1. The number of aryl methyl sites for hydroxylation is 1. The van der Waals surface area contributed by atoms with Gasteiger partial charge in [0.15, 0.2) is 0 Å². The smallest absolute Gasteiger partial charge is 0.105 e. The molecule has 1 fully saturated rings. The highest BCUT2D eigenvalue weighted by Gasteiger charge is 2.14. The maximum absolute atomic E-state index is 14.7. The molecule has 0 spiro atoms. The van der Waals surface area contributed by atoms with E-state index >= 15 is 0 Å². The van der Waals surface area contributed by atoms with Crippen molar-refractivity contribution >= 4 is 5.57 Å². The molecule has 1 aromatic carbocycles. The number of rotatable bonds is 6. The van der Waals surface area contributed by atoms with E-state index in [4.69, 9.17) is 0 Å². The maximum Gasteiger partial charge on any atom is 0.105 e. The second-order valence-corrected chi connectivity index (χ2v) is 9.28. The van der Waals surface area contributed by atoms with Crippen LogP contribution in [0.1, 0.15) is 69.4 Å². The Labute approximate surface area is 188 Å². The van der Waals surface area contributed by atoms with E-state index in [0.29, 0.717) is 6.42 Å². The molecule has 0 aliphatic heterocycles. The topological polar surface area (TPSA) is 0 Å². The summed E-state index contributed by atoms with van der Waals surface area (Å²) in [6.07, 6.45) is 23.6. The van der Waals surface area contributed by atoms with Gasteiger partial charge in [-0.1, -0.05) is 112 Å². The monoisotopic (exact) mass is 416 g/mol. The van der Waals surface area contributed by atoms with E-state index in [-0.39, 0.29) is 5.83 Å². The number of hydrogen-bond donors (Lipinski definition) is 0. The lowest BCUT2D eigenvalue weighted by Gasteiger charge is -2.21. The highest BCUT2D eigenvalue weighted by Crippen LogP contribution is 2.31. The van der Waals surface area contributed by atoms with Gasteiger partial charge in [-0.05, 0) is 60.0 Å². The van der Waals surface area contributed by atoms with Gasteiger partial charge in [-0.15, -0.1) is 0 Å². The maximum atomic E-state index is 14.7. The first-order valence-electron chi connectivity index (χ1n) is 11.9. The summed E-state index contributed by atoms with van der Waals surface area (Å²) in [6.45, 7) is 8.33. The normalized spacial score (nSPS) is 23.3. The Morgan fingerprint density at radius 1 is 1.06 bits per heavy atom. The SMILES string of the molecule is C=C/C=C(\C=C/CC1CCCCC(C)CC1)C1=CC=C(c2ccc(C)cc2)C=C(F)C1. The van der Waals surface area contributed by atoms with Crippen molar-refractivity contribution in [2.75, 3.05) is 0 Å². The van der Waals surface area contributed by atoms with Crippen LogP contribution in [-0.2, 0) is 0 Å². The fourth-order valence-corrected chi connectivity index (χ4v) is 4.58. The Morgan fingerprint density at radius 2 is 1.84 bits per heavy atom. The van der Waals surface area contributed by atoms with E-state index in [9.17, 15) is 4.39 Å². The summed E-state index contributed by atoms with van der Waals surface area (Å²) >= 11 is 0. The lowest BCUT2D eigenvalue weighted by molar-refractivity contribution is 0.328. The Kier molecular flexibility index (Phi) is 8.88. The summed E-state index contributed by atoms with van der Waals surface area (Å²) in [5.41, 5.74) is 5.22. The highest BCUT2D eigenvalue weighted by atomic mass is 19.1. The van der Waals surface area contributed by atoms with Gasteiger partial charge >= 0.3 is 0 Å². The van der Waals surface area contributed by atoms with Gasteiger partial charge in [0.1, 0.15) is 5.83 Å². The molecular weight excluding hydrogens is 379 g/mol. The van der Waals surface area contributed by atoms with E-state index < -0.39 is 0 Å². The van der Waals surface area contributed by atoms with Crippen LogP contribution in [0.25, 0.3) is 5.57 Å². The molecule has 0 heterocycles. The predicted octanol–water partition coefficient (Wildman–Crippen LogP) is 9.23. The first-order valence-corrected chi connectivity index (χ1v) is 11.9. The van der Waals surface area contributed by atoms with E-state index in [1.807, 2.05) is 12.2 Å². The summed E-state index contributed by atoms with van der Waals surface area (Å²) in [4.78, 5) is 0. The Morgan fingerprint density at radius 3 is 2.61 bits per heavy atom. The van der Waals surface area contributed by atoms with Crippen LogP contribution >= 0.6 is 0 Å². The van der Waals surface area contributed by atoms with Crippen molar-refractivity contribution in [3.8, 4) is 0 Å². The number of benzene rings is 1. The molecule has 164 valence electrons. The van der Waals surface area contributed by atoms with Gasteiger partial charge < -0.3 is 0 Å². The number of hydrogen-bond acceptors (Lipinski definition) is 0. The molecule has 0 radical (unpaired) electrons. The van der Waals surface area contributed by atoms with Crippen molar-refractivity contribution in [2.45, 2.75) is 65.2 Å². The van der Waals surface area contributed by atoms with Crippen LogP contribution in [0, 0.1) is 18.8 Å². The average Bonchev–Trinajstić information content (AvgIpc) is 2.94. The van der Waals surface area contributed by atoms with E-state index in [0.717, 1.165) is 40.5 Å². The lowest BCUT2D eigenvalue weighted by atomic mass is 9.84. The molecule has 0 aromatic heterocycles. The minimum atomic E-state index is -0.104. The minimum Gasteiger partial charge on any atom is -0.211 e. The first kappa shape index (κ1) is 23.3. The summed E-state index contributed by atoms with van der Waals surface area (Å²) in [7, 11) is 0. The van der Waals surface area contributed by atoms with E-state index in [2.05, 4.69) is 62.9 Å². The first-order chi connectivity index (χ1) is 15.0. The largest absolute Gasteiger partial charge is 0.211 e. The molecular formula is C30H37F. The molecule has 0 N–H and O–H groups in total. The van der Waals surface area contributed by atoms with Gasteiger partial charge in [-0.3, -0.25) is 0 Å². The van der Waals surface area contributed by atoms with Crippen molar-refractivity contribution in [2.24, 2.45) is 11.8 Å². The van der Waals surface area contributed by atoms with Gasteiger partial charge in [0.25, 0.3) is 0 Å². The third-order valence-corrected chi connectivity index (χ3v) is 6.58. The quantitative estimate of drug-likeness (QED) is 0.405. The van der Waals surface area contributed by atoms with Crippen molar-refractivity contribution in [3.63, 3.8) is 0 Å². The fourth-order valence-electron chi connectivity index (χ4n) is 4.58. The molecule has 1 saturated carbocycles. The molecule has 2 unspecified atom stereocenters. The van der Waals surface area contributed by atoms with Gasteiger partial charge in [0, 0.05) is 6.42 Å². The summed E-state index contributed by atoms with van der Waals surface area (Å²) < 4.78 is 14.7. The van der Waals surface area contributed by atoms with Gasteiger partial charge in [0.2, 0.25) is 0 Å². The molecule has 0 amide bonds. The van der Waals surface area contributed by atoms with E-state index in [1.54, 1.807) is 12.2 Å². The van der Waals surface area contributed by atoms with Crippen LogP contribution in [-0.4, -0.2) is 0 Å². The molecule has 1 aromatic rings. The average molecular weight is 417 g/mol. The summed E-state index contributed by atoms with van der Waals surface area (Å²) in [5.74, 6) is 1.54. The van der Waals surface area contributed by atoms with Crippen LogP contribution in [0.2, 0.25) is 0 Å². The van der Waals surface area contributed by atoms with E-state index in [1.165, 1.54) is 44.1 Å². The standard InChI is InChI=1S/C30H37F/c1-4-8-26(12-7-11-25-10-6-5-9-23(2)13-16-25)28-19-20-29(22-30(31)21-28)27-17-14-24(3)15-18-27/h4,7-8,12,14-15,17-20,22-23,25H,1,5-6,9-11,13,16,21H2,2-3H3/b12-7-,26-8+. The zero-order valence-corrected chi connectivity index (χ0v) is 19.2. The zero-order chi connectivity index (χ0) is 22.1. The lowest BCUT2D eigenvalue weighted by Crippen LogP contribution is -2.07. The van der Waals surface area contributed by atoms with Crippen molar-refractivity contribution in [1.29, 1.82) is 0 Å². The van der Waals surface area contributed by atoms with Crippen molar-refractivity contribution < 1.29 is 4.39 Å². The van der Waals surface area contributed by atoms with Gasteiger partial charge in [-0.25, -0.2) is 4.39 Å². The summed E-state index contributed by atoms with van der Waals surface area (Å²) in [5, 5.41) is 0. The van der Waals surface area contributed by atoms with Crippen LogP contribution < -0.4 is 0 Å². The Balaban J connectivity index is 1.73. The van der Waals surface area contributed by atoms with Crippen LogP contribution in [0.15, 0.2) is 90.3 Å². The van der Waals surface area contributed by atoms with Crippen molar-refractivity contribution in [1.82, 2.24) is 0 Å². The van der Waals surface area contributed by atoms with Crippen LogP contribution in [0.5, 0.6) is 0 Å². The van der Waals surface area contributed by atoms with Crippen LogP contribution in [0.3, 0.4) is 0 Å². The molecule has 0 bridgehead atoms. The second kappa shape index (κ2) is 11.8. The molecule has 2 aliphatic rings. The highest BCUT2D eigenvalue weighted by molar-refractivity contribution is 5.77. The predicted molar refractivity (Wildman–Crippen MR) is 133 cm³/mol. The zero-order valence-electron chi connectivity index (χ0n) is 19.2. The molecule has 2 atom stereocenters. The Bertz CT molecular complexity index is 889. The molecule has 2 aliphatic carbocycles. The van der Waals surface area contributed by atoms with Gasteiger partial charge in [-0.2, -0.15) is 0 Å².